The standard InChI is InChI=1S/C11H14O2S/c1-3-9-8(2)5-4-6-10(9)14-7-11(12)13/h4-6H,3,7H2,1-2H3,(H,12,13). The third kappa shape index (κ3) is 2.77. The van der Waals surface area contributed by atoms with Crippen molar-refractivity contribution in [3.8, 4) is 0 Å². The molecule has 3 heteroatoms. The maximum atomic E-state index is 10.4. The lowest BCUT2D eigenvalue weighted by Crippen LogP contribution is -1.99. The molecule has 0 aromatic heterocycles. The molecule has 0 aliphatic rings. The van der Waals surface area contributed by atoms with Gasteiger partial charge in [0.2, 0.25) is 0 Å². The molecular weight excluding hydrogens is 196 g/mol. The molecule has 0 unspecified atom stereocenters. The van der Waals surface area contributed by atoms with Gasteiger partial charge >= 0.3 is 5.97 Å². The van der Waals surface area contributed by atoms with E-state index in [-0.39, 0.29) is 5.75 Å². The molecule has 0 aliphatic carbocycles. The zero-order chi connectivity index (χ0) is 10.6. The highest BCUT2D eigenvalue weighted by Gasteiger charge is 2.05. The molecule has 0 spiro atoms. The molecule has 0 heterocycles. The molecule has 0 fully saturated rings. The summed E-state index contributed by atoms with van der Waals surface area (Å²) in [7, 11) is 0. The molecule has 0 radical (unpaired) electrons. The van der Waals surface area contributed by atoms with Crippen LogP contribution in [0.15, 0.2) is 23.1 Å². The Morgan fingerprint density at radius 2 is 2.21 bits per heavy atom. The Bertz CT molecular complexity index is 334. The molecule has 0 aliphatic heterocycles. The lowest BCUT2D eigenvalue weighted by Gasteiger charge is -2.08. The van der Waals surface area contributed by atoms with Crippen molar-refractivity contribution in [2.24, 2.45) is 0 Å². The quantitative estimate of drug-likeness (QED) is 0.776. The first kappa shape index (κ1) is 11.1. The third-order valence-electron chi connectivity index (χ3n) is 2.07. The van der Waals surface area contributed by atoms with Gasteiger partial charge in [-0.25, -0.2) is 0 Å². The first-order chi connectivity index (χ1) is 6.65. The molecule has 0 amide bonds. The van der Waals surface area contributed by atoms with Gasteiger partial charge in [0.1, 0.15) is 0 Å². The van der Waals surface area contributed by atoms with Gasteiger partial charge in [0.15, 0.2) is 0 Å². The maximum absolute atomic E-state index is 10.4. The molecule has 0 saturated heterocycles. The number of aryl methyl sites for hydroxylation is 1. The first-order valence-corrected chi connectivity index (χ1v) is 5.56. The van der Waals surface area contributed by atoms with Gasteiger partial charge in [0.05, 0.1) is 5.75 Å². The number of rotatable bonds is 4. The number of thioether (sulfide) groups is 1. The van der Waals surface area contributed by atoms with Gasteiger partial charge in [-0.1, -0.05) is 19.1 Å². The van der Waals surface area contributed by atoms with E-state index in [1.807, 2.05) is 12.1 Å². The summed E-state index contributed by atoms with van der Waals surface area (Å²) in [5, 5.41) is 8.59. The van der Waals surface area contributed by atoms with Crippen LogP contribution in [0.5, 0.6) is 0 Å². The summed E-state index contributed by atoms with van der Waals surface area (Å²) in [5.74, 6) is -0.630. The van der Waals surface area contributed by atoms with E-state index >= 15 is 0 Å². The second kappa shape index (κ2) is 5.05. The number of benzene rings is 1. The average Bonchev–Trinajstić information content (AvgIpc) is 2.14. The Morgan fingerprint density at radius 1 is 1.50 bits per heavy atom. The number of hydrogen-bond donors (Lipinski definition) is 1. The molecule has 0 atom stereocenters. The van der Waals surface area contributed by atoms with Gasteiger partial charge in [-0.2, -0.15) is 0 Å². The van der Waals surface area contributed by atoms with Crippen molar-refractivity contribution in [3.63, 3.8) is 0 Å². The molecule has 1 aromatic carbocycles. The number of hydrogen-bond acceptors (Lipinski definition) is 2. The summed E-state index contributed by atoms with van der Waals surface area (Å²) in [6, 6.07) is 6.02. The van der Waals surface area contributed by atoms with Crippen LogP contribution in [0.25, 0.3) is 0 Å². The van der Waals surface area contributed by atoms with Crippen molar-refractivity contribution in [2.75, 3.05) is 5.75 Å². The van der Waals surface area contributed by atoms with Crippen molar-refractivity contribution in [1.29, 1.82) is 0 Å². The van der Waals surface area contributed by atoms with Crippen LogP contribution in [-0.2, 0) is 11.2 Å². The molecule has 2 nitrogen and oxygen atoms in total. The van der Waals surface area contributed by atoms with Gasteiger partial charge in [-0.05, 0) is 30.5 Å². The van der Waals surface area contributed by atoms with Crippen LogP contribution in [0.3, 0.4) is 0 Å². The van der Waals surface area contributed by atoms with E-state index in [1.165, 1.54) is 22.9 Å². The SMILES string of the molecule is CCc1c(C)cccc1SCC(=O)O. The topological polar surface area (TPSA) is 37.3 Å². The van der Waals surface area contributed by atoms with Crippen molar-refractivity contribution in [2.45, 2.75) is 25.2 Å². The highest BCUT2D eigenvalue weighted by atomic mass is 32.2. The molecule has 14 heavy (non-hydrogen) atoms. The number of carboxylic acid groups (broad SMARTS) is 1. The van der Waals surface area contributed by atoms with Crippen molar-refractivity contribution >= 4 is 17.7 Å². The number of carbonyl (C=O) groups is 1. The average molecular weight is 210 g/mol. The fourth-order valence-electron chi connectivity index (χ4n) is 1.40. The Morgan fingerprint density at radius 3 is 2.79 bits per heavy atom. The number of aliphatic carboxylic acids is 1. The van der Waals surface area contributed by atoms with Gasteiger partial charge < -0.3 is 5.11 Å². The zero-order valence-electron chi connectivity index (χ0n) is 8.41. The first-order valence-electron chi connectivity index (χ1n) is 4.58. The number of carboxylic acids is 1. The van der Waals surface area contributed by atoms with Gasteiger partial charge in [-0.3, -0.25) is 4.79 Å². The fraction of sp³-hybridized carbons (Fsp3) is 0.364. The lowest BCUT2D eigenvalue weighted by atomic mass is 10.1. The van der Waals surface area contributed by atoms with Crippen molar-refractivity contribution in [1.82, 2.24) is 0 Å². The summed E-state index contributed by atoms with van der Waals surface area (Å²) in [6.45, 7) is 4.15. The normalized spacial score (nSPS) is 10.1. The second-order valence-corrected chi connectivity index (χ2v) is 4.10. The van der Waals surface area contributed by atoms with Crippen LogP contribution in [0.4, 0.5) is 0 Å². The van der Waals surface area contributed by atoms with Gasteiger partial charge in [-0.15, -0.1) is 11.8 Å². The van der Waals surface area contributed by atoms with Crippen LogP contribution in [0.2, 0.25) is 0 Å². The van der Waals surface area contributed by atoms with Crippen LogP contribution in [0.1, 0.15) is 18.1 Å². The van der Waals surface area contributed by atoms with Crippen LogP contribution in [0, 0.1) is 6.92 Å². The van der Waals surface area contributed by atoms with E-state index in [0.29, 0.717) is 0 Å². The van der Waals surface area contributed by atoms with E-state index in [2.05, 4.69) is 19.9 Å². The monoisotopic (exact) mass is 210 g/mol. The largest absolute Gasteiger partial charge is 0.481 e. The predicted molar refractivity (Wildman–Crippen MR) is 58.9 cm³/mol. The van der Waals surface area contributed by atoms with Crippen LogP contribution < -0.4 is 0 Å². The minimum absolute atomic E-state index is 0.135. The van der Waals surface area contributed by atoms with Crippen LogP contribution in [-0.4, -0.2) is 16.8 Å². The summed E-state index contributed by atoms with van der Waals surface area (Å²) < 4.78 is 0. The minimum atomic E-state index is -0.765. The lowest BCUT2D eigenvalue weighted by molar-refractivity contribution is -0.133. The zero-order valence-corrected chi connectivity index (χ0v) is 9.23. The minimum Gasteiger partial charge on any atom is -0.481 e. The molecule has 1 rings (SSSR count). The Labute approximate surface area is 88.3 Å². The maximum Gasteiger partial charge on any atom is 0.313 e. The molecule has 0 saturated carbocycles. The molecule has 0 bridgehead atoms. The third-order valence-corrected chi connectivity index (χ3v) is 3.16. The molecule has 1 aromatic rings. The predicted octanol–water partition coefficient (Wildman–Crippen LogP) is 2.73. The smallest absolute Gasteiger partial charge is 0.313 e. The second-order valence-electron chi connectivity index (χ2n) is 3.09. The molecule has 76 valence electrons. The van der Waals surface area contributed by atoms with E-state index in [1.54, 1.807) is 0 Å². The Balaban J connectivity index is 2.85. The highest BCUT2D eigenvalue weighted by molar-refractivity contribution is 8.00. The van der Waals surface area contributed by atoms with E-state index in [0.717, 1.165) is 11.3 Å². The summed E-state index contributed by atoms with van der Waals surface area (Å²) in [4.78, 5) is 11.5. The van der Waals surface area contributed by atoms with E-state index < -0.39 is 5.97 Å². The van der Waals surface area contributed by atoms with E-state index in [4.69, 9.17) is 5.11 Å². The summed E-state index contributed by atoms with van der Waals surface area (Å²) >= 11 is 1.39. The Hall–Kier alpha value is -0.960. The molecular formula is C11H14O2S. The molecule has 1 N–H and O–H groups in total. The van der Waals surface area contributed by atoms with Crippen molar-refractivity contribution in [3.05, 3.63) is 29.3 Å². The van der Waals surface area contributed by atoms with E-state index in [9.17, 15) is 4.79 Å². The highest BCUT2D eigenvalue weighted by Crippen LogP contribution is 2.25. The summed E-state index contributed by atoms with van der Waals surface area (Å²) in [5.41, 5.74) is 2.50. The Kier molecular flexibility index (Phi) is 4.01. The summed E-state index contributed by atoms with van der Waals surface area (Å²) in [6.07, 6.45) is 0.953. The van der Waals surface area contributed by atoms with Gasteiger partial charge in [0.25, 0.3) is 0 Å². The van der Waals surface area contributed by atoms with Gasteiger partial charge in [0, 0.05) is 4.90 Å². The van der Waals surface area contributed by atoms with Crippen molar-refractivity contribution < 1.29 is 9.90 Å². The van der Waals surface area contributed by atoms with Crippen LogP contribution >= 0.6 is 11.8 Å². The fourth-order valence-corrected chi connectivity index (χ4v) is 2.34.